The number of hydrogen-bond acceptors (Lipinski definition) is 7. The van der Waals surface area contributed by atoms with E-state index in [1.165, 1.54) is 17.4 Å². The van der Waals surface area contributed by atoms with Crippen molar-refractivity contribution in [2.24, 2.45) is 0 Å². The van der Waals surface area contributed by atoms with E-state index in [-0.39, 0.29) is 23.9 Å². The minimum absolute atomic E-state index is 0.0895. The Balaban J connectivity index is 1.80. The number of rotatable bonds is 6. The average molecular weight is 575 g/mol. The third-order valence-electron chi connectivity index (χ3n) is 7.21. The Morgan fingerprint density at radius 2 is 1.85 bits per heavy atom. The number of carbonyl (C=O) groups is 1. The Kier molecular flexibility index (Phi) is 7.61. The summed E-state index contributed by atoms with van der Waals surface area (Å²) in [6, 6.07) is 9.34. The van der Waals surface area contributed by atoms with Crippen molar-refractivity contribution in [3.05, 3.63) is 81.8 Å². The number of carbonyl (C=O) groups excluding carboxylic acids is 1. The third-order valence-corrected chi connectivity index (χ3v) is 8.33. The van der Waals surface area contributed by atoms with Crippen LogP contribution in [0.3, 0.4) is 0 Å². The average Bonchev–Trinajstić information content (AvgIpc) is 3.42. The van der Waals surface area contributed by atoms with Gasteiger partial charge < -0.3 is 9.80 Å². The number of nitrogens with zero attached hydrogens (tertiary/aromatic N) is 6. The fourth-order valence-corrected chi connectivity index (χ4v) is 6.62. The lowest BCUT2D eigenvalue weighted by atomic mass is 10.0. The molecule has 0 aliphatic carbocycles. The second-order valence-corrected chi connectivity index (χ2v) is 11.5. The summed E-state index contributed by atoms with van der Waals surface area (Å²) in [5, 5.41) is 1.77. The number of pyridine rings is 1. The van der Waals surface area contributed by atoms with Gasteiger partial charge in [0.2, 0.25) is 5.91 Å². The zero-order chi connectivity index (χ0) is 28.7. The first-order valence-corrected chi connectivity index (χ1v) is 14.4. The van der Waals surface area contributed by atoms with Crippen molar-refractivity contribution < 1.29 is 4.79 Å². The molecule has 0 saturated carbocycles. The Bertz CT molecular complexity index is 1680. The predicted octanol–water partition coefficient (Wildman–Crippen LogP) is 5.94. The van der Waals surface area contributed by atoms with Crippen LogP contribution in [0, 0.1) is 0 Å². The number of anilines is 1. The molecule has 1 aliphatic heterocycles. The van der Waals surface area contributed by atoms with E-state index in [1.54, 1.807) is 21.1 Å². The topological polar surface area (TPSA) is 84.2 Å². The Morgan fingerprint density at radius 1 is 1.15 bits per heavy atom. The molecular formula is C30H31ClN6O2S. The molecule has 206 valence electrons. The summed E-state index contributed by atoms with van der Waals surface area (Å²) in [7, 11) is 0. The van der Waals surface area contributed by atoms with Crippen LogP contribution < -0.4 is 10.6 Å². The minimum atomic E-state index is -0.449. The number of thiazole rings is 1. The zero-order valence-corrected chi connectivity index (χ0v) is 24.5. The number of benzene rings is 1. The second kappa shape index (κ2) is 11.0. The van der Waals surface area contributed by atoms with Gasteiger partial charge in [0.15, 0.2) is 5.65 Å². The molecule has 1 amide bonds. The quantitative estimate of drug-likeness (QED) is 0.265. The summed E-state index contributed by atoms with van der Waals surface area (Å²) in [5.74, 6) is 0.468. The highest BCUT2D eigenvalue weighted by Gasteiger charge is 2.34. The molecule has 0 radical (unpaired) electrons. The van der Waals surface area contributed by atoms with E-state index in [0.717, 1.165) is 16.8 Å². The fraction of sp³-hybridized carbons (Fsp3) is 0.300. The highest BCUT2D eigenvalue weighted by molar-refractivity contribution is 7.12. The Hall–Kier alpha value is -3.82. The smallest absolute Gasteiger partial charge is 0.347 e. The molecule has 3 aromatic heterocycles. The molecule has 8 nitrogen and oxygen atoms in total. The van der Waals surface area contributed by atoms with Crippen molar-refractivity contribution in [1.29, 1.82) is 0 Å². The number of hydrogen-bond donors (Lipinski definition) is 0. The molecule has 1 aliphatic rings. The molecule has 0 bridgehead atoms. The summed E-state index contributed by atoms with van der Waals surface area (Å²) in [6.07, 6.45) is 3.09. The van der Waals surface area contributed by atoms with E-state index in [0.29, 0.717) is 45.7 Å². The van der Waals surface area contributed by atoms with Gasteiger partial charge in [-0.3, -0.25) is 4.79 Å². The maximum absolute atomic E-state index is 13.9. The van der Waals surface area contributed by atoms with Crippen molar-refractivity contribution in [2.45, 2.75) is 45.7 Å². The first-order chi connectivity index (χ1) is 19.2. The molecule has 0 N–H and O–H groups in total. The van der Waals surface area contributed by atoms with Crippen LogP contribution >= 0.6 is 22.9 Å². The number of amides is 1. The molecule has 4 heterocycles. The zero-order valence-electron chi connectivity index (χ0n) is 23.0. The van der Waals surface area contributed by atoms with E-state index >= 15 is 0 Å². The lowest BCUT2D eigenvalue weighted by Gasteiger charge is -2.45. The van der Waals surface area contributed by atoms with Crippen molar-refractivity contribution >= 4 is 51.8 Å². The van der Waals surface area contributed by atoms with Gasteiger partial charge in [0.05, 0.1) is 27.3 Å². The molecule has 10 heteroatoms. The van der Waals surface area contributed by atoms with Gasteiger partial charge in [0, 0.05) is 30.7 Å². The molecule has 0 unspecified atom stereocenters. The van der Waals surface area contributed by atoms with Gasteiger partial charge in [-0.25, -0.2) is 19.3 Å². The molecule has 0 spiro atoms. The van der Waals surface area contributed by atoms with E-state index < -0.39 is 5.69 Å². The molecule has 2 atom stereocenters. The first kappa shape index (κ1) is 27.7. The number of halogens is 1. The van der Waals surface area contributed by atoms with E-state index in [2.05, 4.69) is 28.0 Å². The van der Waals surface area contributed by atoms with E-state index in [9.17, 15) is 9.59 Å². The number of aromatic nitrogens is 4. The Labute approximate surface area is 242 Å². The summed E-state index contributed by atoms with van der Waals surface area (Å²) in [5.41, 5.74) is 4.78. The molecular weight excluding hydrogens is 544 g/mol. The first-order valence-electron chi connectivity index (χ1n) is 13.1. The standard InChI is InChI=1S/C30H31ClN6O2S/c1-7-20-11-9-10-12-21(20)26-23(31)13-22-27(33-26)37(29-25(17(3)4)32-16-40-29)30(39)34-28(22)36-18(5)14-35(15-19(36)6)24(38)8-2/h7-13,16-19H,1-2,14-15H2,3-6H3/t18-,19-/m0/s1. The van der Waals surface area contributed by atoms with E-state index in [1.807, 2.05) is 58.0 Å². The SMILES string of the molecule is C=CC(=O)N1C[C@H](C)N(c2nc(=O)n(-c3scnc3C(C)C)c3nc(-c4ccccc4C=C)c(Cl)cc23)[C@@H](C)C1. The monoisotopic (exact) mass is 574 g/mol. The van der Waals surface area contributed by atoms with Gasteiger partial charge in [-0.15, -0.1) is 11.3 Å². The molecule has 40 heavy (non-hydrogen) atoms. The highest BCUT2D eigenvalue weighted by atomic mass is 35.5. The minimum Gasteiger partial charge on any atom is -0.347 e. The van der Waals surface area contributed by atoms with Crippen LogP contribution in [0.15, 0.2) is 59.9 Å². The molecule has 1 fully saturated rings. The number of piperazine rings is 1. The Morgan fingerprint density at radius 3 is 2.50 bits per heavy atom. The van der Waals surface area contributed by atoms with Gasteiger partial charge in [-0.05, 0) is 37.5 Å². The van der Waals surface area contributed by atoms with Crippen molar-refractivity contribution in [1.82, 2.24) is 24.4 Å². The van der Waals surface area contributed by atoms with Crippen molar-refractivity contribution in [2.75, 3.05) is 18.0 Å². The lowest BCUT2D eigenvalue weighted by molar-refractivity contribution is -0.127. The van der Waals surface area contributed by atoms with E-state index in [4.69, 9.17) is 16.6 Å². The molecule has 4 aromatic rings. The largest absolute Gasteiger partial charge is 0.356 e. The van der Waals surface area contributed by atoms with Crippen molar-refractivity contribution in [3.63, 3.8) is 0 Å². The second-order valence-electron chi connectivity index (χ2n) is 10.3. The maximum atomic E-state index is 13.9. The fourth-order valence-electron chi connectivity index (χ4n) is 5.43. The molecule has 1 saturated heterocycles. The number of fused-ring (bicyclic) bond motifs is 1. The van der Waals surface area contributed by atoms with Crippen LogP contribution in [-0.2, 0) is 4.79 Å². The van der Waals surface area contributed by atoms with Gasteiger partial charge in [0.25, 0.3) is 0 Å². The lowest BCUT2D eigenvalue weighted by Crippen LogP contribution is -2.58. The van der Waals surface area contributed by atoms with Gasteiger partial charge in [0.1, 0.15) is 10.8 Å². The molecule has 1 aromatic carbocycles. The van der Waals surface area contributed by atoms with Crippen LogP contribution in [0.1, 0.15) is 44.9 Å². The van der Waals surface area contributed by atoms with Gasteiger partial charge in [-0.2, -0.15) is 4.98 Å². The van der Waals surface area contributed by atoms with Crippen LogP contribution in [0.25, 0.3) is 33.4 Å². The van der Waals surface area contributed by atoms with Crippen LogP contribution in [0.2, 0.25) is 5.02 Å². The highest BCUT2D eigenvalue weighted by Crippen LogP contribution is 2.37. The van der Waals surface area contributed by atoms with Crippen LogP contribution in [-0.4, -0.2) is 55.5 Å². The summed E-state index contributed by atoms with van der Waals surface area (Å²) < 4.78 is 1.55. The van der Waals surface area contributed by atoms with Crippen molar-refractivity contribution in [3.8, 4) is 16.3 Å². The van der Waals surface area contributed by atoms with Gasteiger partial charge >= 0.3 is 5.69 Å². The normalized spacial score (nSPS) is 17.4. The van der Waals surface area contributed by atoms with Crippen LogP contribution in [0.5, 0.6) is 0 Å². The summed E-state index contributed by atoms with van der Waals surface area (Å²) in [6.45, 7) is 16.6. The molecule has 5 rings (SSSR count). The van der Waals surface area contributed by atoms with Gasteiger partial charge in [-0.1, -0.05) is 68.9 Å². The maximum Gasteiger partial charge on any atom is 0.356 e. The summed E-state index contributed by atoms with van der Waals surface area (Å²) in [4.78, 5) is 44.4. The summed E-state index contributed by atoms with van der Waals surface area (Å²) >= 11 is 8.31. The van der Waals surface area contributed by atoms with Crippen LogP contribution in [0.4, 0.5) is 5.82 Å². The third kappa shape index (κ3) is 4.73. The predicted molar refractivity (Wildman–Crippen MR) is 164 cm³/mol.